The Hall–Kier alpha value is -3.04. The highest BCUT2D eigenvalue weighted by atomic mass is 19.1. The van der Waals surface area contributed by atoms with E-state index in [0.717, 1.165) is 12.1 Å². The maximum atomic E-state index is 14.4. The molecule has 4 N–H and O–H groups in total. The minimum atomic E-state index is -0.773. The highest BCUT2D eigenvalue weighted by molar-refractivity contribution is 5.90. The standard InChI is InChI=1S/C16H16F2N4O2.C2H5N/c1-21(19)8-12-9-22(16(23)24-12)11-5-13(17)15(14(18)6-11)10-3-2-4-20-7-10;1-2-3/h2-7,12H,8-9,19H2,1H3;2H,1,3H2. The lowest BCUT2D eigenvalue weighted by molar-refractivity contribution is 0.117. The van der Waals surface area contributed by atoms with Crippen molar-refractivity contribution in [2.24, 2.45) is 11.6 Å². The number of benzene rings is 1. The SMILES string of the molecule is C=CN.CN(N)CC1CN(c2cc(F)c(-c3cccnc3)c(F)c2)C(=O)O1. The molecule has 3 rings (SSSR count). The van der Waals surface area contributed by atoms with Gasteiger partial charge >= 0.3 is 6.09 Å². The lowest BCUT2D eigenvalue weighted by atomic mass is 10.1. The van der Waals surface area contributed by atoms with E-state index in [1.165, 1.54) is 28.5 Å². The average Bonchev–Trinajstić information content (AvgIpc) is 2.95. The van der Waals surface area contributed by atoms with E-state index in [9.17, 15) is 13.6 Å². The molecule has 2 aromatic rings. The fourth-order valence-electron chi connectivity index (χ4n) is 2.65. The van der Waals surface area contributed by atoms with Crippen molar-refractivity contribution in [1.29, 1.82) is 0 Å². The molecule has 9 heteroatoms. The summed E-state index contributed by atoms with van der Waals surface area (Å²) in [4.78, 5) is 17.0. The molecule has 1 aromatic heterocycles. The van der Waals surface area contributed by atoms with Crippen LogP contribution >= 0.6 is 0 Å². The molecule has 1 atom stereocenters. The van der Waals surface area contributed by atoms with Gasteiger partial charge in [0, 0.05) is 25.0 Å². The molecular weight excluding hydrogens is 356 g/mol. The van der Waals surface area contributed by atoms with Gasteiger partial charge < -0.3 is 10.5 Å². The number of carbonyl (C=O) groups excluding carboxylic acids is 1. The van der Waals surface area contributed by atoms with Gasteiger partial charge in [-0.1, -0.05) is 12.6 Å². The van der Waals surface area contributed by atoms with E-state index in [4.69, 9.17) is 10.6 Å². The lowest BCUT2D eigenvalue weighted by Crippen LogP contribution is -2.36. The summed E-state index contributed by atoms with van der Waals surface area (Å²) in [5, 5.41) is 1.38. The van der Waals surface area contributed by atoms with Gasteiger partial charge in [-0.05, 0) is 24.4 Å². The highest BCUT2D eigenvalue weighted by Gasteiger charge is 2.33. The molecule has 2 heterocycles. The number of rotatable bonds is 4. The van der Waals surface area contributed by atoms with Crippen LogP contribution in [0.5, 0.6) is 0 Å². The van der Waals surface area contributed by atoms with Crippen molar-refractivity contribution in [3.05, 3.63) is 61.1 Å². The maximum absolute atomic E-state index is 14.4. The number of cyclic esters (lactones) is 1. The first-order chi connectivity index (χ1) is 12.9. The van der Waals surface area contributed by atoms with Crippen molar-refractivity contribution in [2.45, 2.75) is 6.10 Å². The molecule has 1 fully saturated rings. The molecule has 0 radical (unpaired) electrons. The van der Waals surface area contributed by atoms with E-state index in [-0.39, 0.29) is 17.8 Å². The summed E-state index contributed by atoms with van der Waals surface area (Å²) in [6.07, 6.45) is 3.02. The average molecular weight is 377 g/mol. The number of amides is 1. The first kappa shape index (κ1) is 20.3. The Balaban J connectivity index is 0.000000817. The van der Waals surface area contributed by atoms with Crippen LogP contribution < -0.4 is 16.5 Å². The van der Waals surface area contributed by atoms with Crippen LogP contribution in [0.4, 0.5) is 19.3 Å². The smallest absolute Gasteiger partial charge is 0.414 e. The van der Waals surface area contributed by atoms with Crippen molar-refractivity contribution < 1.29 is 18.3 Å². The fourth-order valence-corrected chi connectivity index (χ4v) is 2.65. The monoisotopic (exact) mass is 377 g/mol. The molecule has 1 aromatic carbocycles. The van der Waals surface area contributed by atoms with Gasteiger partial charge in [0.05, 0.1) is 24.3 Å². The van der Waals surface area contributed by atoms with Gasteiger partial charge in [-0.25, -0.2) is 18.6 Å². The van der Waals surface area contributed by atoms with Crippen LogP contribution in [0.15, 0.2) is 49.4 Å². The zero-order valence-electron chi connectivity index (χ0n) is 14.8. The summed E-state index contributed by atoms with van der Waals surface area (Å²) in [5.74, 6) is 3.99. The second-order valence-corrected chi connectivity index (χ2v) is 5.82. The van der Waals surface area contributed by atoms with Crippen molar-refractivity contribution >= 4 is 11.8 Å². The third-order valence-corrected chi connectivity index (χ3v) is 3.65. The molecule has 1 aliphatic heterocycles. The number of hydrogen-bond donors (Lipinski definition) is 2. The van der Waals surface area contributed by atoms with Crippen LogP contribution in [0, 0.1) is 11.6 Å². The Labute approximate surface area is 155 Å². The van der Waals surface area contributed by atoms with E-state index >= 15 is 0 Å². The van der Waals surface area contributed by atoms with Crippen LogP contribution in [-0.2, 0) is 4.74 Å². The first-order valence-electron chi connectivity index (χ1n) is 8.03. The third-order valence-electron chi connectivity index (χ3n) is 3.65. The molecule has 0 saturated carbocycles. The lowest BCUT2D eigenvalue weighted by Gasteiger charge is -2.16. The number of nitrogens with zero attached hydrogens (tertiary/aromatic N) is 3. The van der Waals surface area contributed by atoms with Gasteiger partial charge in [-0.2, -0.15) is 0 Å². The summed E-state index contributed by atoms with van der Waals surface area (Å²) >= 11 is 0. The summed E-state index contributed by atoms with van der Waals surface area (Å²) in [7, 11) is 1.64. The molecule has 0 spiro atoms. The predicted molar refractivity (Wildman–Crippen MR) is 98.4 cm³/mol. The Morgan fingerprint density at radius 1 is 1.44 bits per heavy atom. The molecule has 7 nitrogen and oxygen atoms in total. The number of hydrazine groups is 1. The van der Waals surface area contributed by atoms with E-state index < -0.39 is 23.8 Å². The van der Waals surface area contributed by atoms with Crippen LogP contribution in [0.2, 0.25) is 0 Å². The van der Waals surface area contributed by atoms with E-state index in [1.54, 1.807) is 19.2 Å². The van der Waals surface area contributed by atoms with E-state index in [1.807, 2.05) is 0 Å². The second kappa shape index (κ2) is 9.06. The third kappa shape index (κ3) is 4.99. The number of halogens is 2. The zero-order chi connectivity index (χ0) is 20.0. The van der Waals surface area contributed by atoms with Gasteiger partial charge in [0.1, 0.15) is 17.7 Å². The molecule has 144 valence electrons. The number of pyridine rings is 1. The van der Waals surface area contributed by atoms with Crippen LogP contribution in [-0.4, -0.2) is 42.3 Å². The van der Waals surface area contributed by atoms with Crippen molar-refractivity contribution in [3.63, 3.8) is 0 Å². The number of aromatic nitrogens is 1. The molecule has 1 saturated heterocycles. The first-order valence-corrected chi connectivity index (χ1v) is 8.03. The van der Waals surface area contributed by atoms with Crippen molar-refractivity contribution in [1.82, 2.24) is 9.99 Å². The minimum Gasteiger partial charge on any atom is -0.443 e. The van der Waals surface area contributed by atoms with Gasteiger partial charge in [0.15, 0.2) is 0 Å². The minimum absolute atomic E-state index is 0.102. The van der Waals surface area contributed by atoms with Gasteiger partial charge in [-0.3, -0.25) is 15.7 Å². The van der Waals surface area contributed by atoms with Crippen LogP contribution in [0.25, 0.3) is 11.1 Å². The Kier molecular flexibility index (Phi) is 6.80. The Bertz CT molecular complexity index is 779. The molecule has 1 unspecified atom stereocenters. The van der Waals surface area contributed by atoms with Crippen LogP contribution in [0.1, 0.15) is 0 Å². The molecule has 0 aliphatic carbocycles. The predicted octanol–water partition coefficient (Wildman–Crippen LogP) is 2.25. The maximum Gasteiger partial charge on any atom is 0.414 e. The highest BCUT2D eigenvalue weighted by Crippen LogP contribution is 2.31. The summed E-state index contributed by atoms with van der Waals surface area (Å²) in [6.45, 7) is 3.63. The molecular formula is C18H21F2N5O2. The van der Waals surface area contributed by atoms with Gasteiger partial charge in [-0.15, -0.1) is 0 Å². The second-order valence-electron chi connectivity index (χ2n) is 5.82. The van der Waals surface area contributed by atoms with E-state index in [2.05, 4.69) is 17.3 Å². The zero-order valence-corrected chi connectivity index (χ0v) is 14.8. The number of carbonyl (C=O) groups is 1. The fraction of sp³-hybridized carbons (Fsp3) is 0.222. The van der Waals surface area contributed by atoms with Crippen LogP contribution in [0.3, 0.4) is 0 Å². The quantitative estimate of drug-likeness (QED) is 0.626. The largest absolute Gasteiger partial charge is 0.443 e. The van der Waals surface area contributed by atoms with Gasteiger partial charge in [0.2, 0.25) is 0 Å². The number of likely N-dealkylation sites (N-methyl/N-ethyl adjacent to an activating group) is 1. The molecule has 27 heavy (non-hydrogen) atoms. The van der Waals surface area contributed by atoms with Gasteiger partial charge in [0.25, 0.3) is 0 Å². The number of hydrogen-bond acceptors (Lipinski definition) is 6. The summed E-state index contributed by atoms with van der Waals surface area (Å²) in [6, 6.07) is 5.38. The Morgan fingerprint density at radius 3 is 2.59 bits per heavy atom. The van der Waals surface area contributed by atoms with Crippen molar-refractivity contribution in [2.75, 3.05) is 25.0 Å². The number of nitrogens with two attached hydrogens (primary N) is 2. The number of anilines is 1. The summed E-state index contributed by atoms with van der Waals surface area (Å²) < 4.78 is 34.0. The Morgan fingerprint density at radius 2 is 2.07 bits per heavy atom. The number of ether oxygens (including phenoxy) is 1. The molecule has 1 amide bonds. The van der Waals surface area contributed by atoms with Crippen molar-refractivity contribution in [3.8, 4) is 11.1 Å². The molecule has 0 bridgehead atoms. The normalized spacial score (nSPS) is 16.0. The summed E-state index contributed by atoms with van der Waals surface area (Å²) in [5.41, 5.74) is 4.85. The molecule has 1 aliphatic rings. The van der Waals surface area contributed by atoms with E-state index in [0.29, 0.717) is 12.1 Å². The topological polar surface area (TPSA) is 97.7 Å².